The van der Waals surface area contributed by atoms with E-state index in [4.69, 9.17) is 9.47 Å². The van der Waals surface area contributed by atoms with E-state index < -0.39 is 40.9 Å². The molecule has 31 heavy (non-hydrogen) atoms. The molecular formula is C23H29NO6S. The molecule has 8 heteroatoms. The predicted molar refractivity (Wildman–Crippen MR) is 116 cm³/mol. The zero-order valence-electron chi connectivity index (χ0n) is 18.5. The summed E-state index contributed by atoms with van der Waals surface area (Å²) in [5.41, 5.74) is 0.217. The third kappa shape index (κ3) is 4.95. The maximum Gasteiger partial charge on any atom is 0.333 e. The Hall–Kier alpha value is -2.35. The molecule has 0 aliphatic carbocycles. The molecule has 0 spiro atoms. The Balaban J connectivity index is 1.58. The average Bonchev–Trinajstić information content (AvgIpc) is 2.94. The lowest BCUT2D eigenvalue weighted by molar-refractivity contribution is -0.181. The third-order valence-electron chi connectivity index (χ3n) is 5.47. The fraction of sp³-hybridized carbons (Fsp3) is 0.565. The number of carbonyl (C=O) groups excluding carboxylic acids is 4. The third-order valence-corrected chi connectivity index (χ3v) is 7.10. The van der Waals surface area contributed by atoms with Crippen molar-refractivity contribution < 1.29 is 28.7 Å². The molecule has 0 saturated carbocycles. The molecule has 2 aliphatic heterocycles. The highest BCUT2D eigenvalue weighted by molar-refractivity contribution is 8.01. The Morgan fingerprint density at radius 2 is 1.74 bits per heavy atom. The number of Topliss-reactive ketones (excluding diaryl/α,β-unsaturated/α-hetero) is 1. The SMILES string of the molecule is CC(C)(C)C(=O)OCOC(=O)[C@@H]1N2C(=O)[C@@H](CC(=O)Cc3ccccc3)[C@H]2SC1(C)C. The molecule has 1 aromatic rings. The van der Waals surface area contributed by atoms with Crippen LogP contribution >= 0.6 is 11.8 Å². The van der Waals surface area contributed by atoms with Crippen molar-refractivity contribution in [3.8, 4) is 0 Å². The van der Waals surface area contributed by atoms with E-state index in [0.29, 0.717) is 0 Å². The second-order valence-electron chi connectivity index (χ2n) is 9.53. The Bertz CT molecular complexity index is 876. The quantitative estimate of drug-likeness (QED) is 0.361. The van der Waals surface area contributed by atoms with Crippen LogP contribution in [0.3, 0.4) is 0 Å². The molecule has 0 unspecified atom stereocenters. The number of fused-ring (bicyclic) bond motifs is 1. The maximum atomic E-state index is 12.8. The second kappa shape index (κ2) is 8.65. The van der Waals surface area contributed by atoms with Crippen LogP contribution in [-0.4, -0.2) is 51.5 Å². The van der Waals surface area contributed by atoms with Crippen LogP contribution in [0.5, 0.6) is 0 Å². The number of esters is 2. The standard InChI is InChI=1S/C23H29NO6S/c1-22(2,3)21(28)30-13-29-20(27)17-23(4,5)31-19-16(18(26)24(17)19)12-15(25)11-14-9-7-6-8-10-14/h6-10,16-17,19H,11-13H2,1-5H3/t16-,17+,19-/m1/s1. The molecule has 3 atom stereocenters. The molecule has 2 aliphatic rings. The first kappa shape index (κ1) is 23.3. The Kier molecular flexibility index (Phi) is 6.51. The first-order valence-electron chi connectivity index (χ1n) is 10.3. The normalized spacial score (nSPS) is 24.2. The topological polar surface area (TPSA) is 90.0 Å². The van der Waals surface area contributed by atoms with Gasteiger partial charge in [-0.2, -0.15) is 0 Å². The van der Waals surface area contributed by atoms with Gasteiger partial charge in [0.05, 0.1) is 16.7 Å². The molecule has 2 heterocycles. The van der Waals surface area contributed by atoms with Gasteiger partial charge in [-0.25, -0.2) is 4.79 Å². The molecule has 0 N–H and O–H groups in total. The lowest BCUT2D eigenvalue weighted by atomic mass is 9.87. The van der Waals surface area contributed by atoms with Gasteiger partial charge in [-0.05, 0) is 40.2 Å². The van der Waals surface area contributed by atoms with Crippen molar-refractivity contribution in [1.29, 1.82) is 0 Å². The van der Waals surface area contributed by atoms with Crippen molar-refractivity contribution in [1.82, 2.24) is 4.90 Å². The number of β-lactam (4-membered cyclic amide) rings is 1. The lowest BCUT2D eigenvalue weighted by Crippen LogP contribution is -2.63. The number of hydrogen-bond acceptors (Lipinski definition) is 7. The van der Waals surface area contributed by atoms with Crippen LogP contribution in [0.15, 0.2) is 30.3 Å². The summed E-state index contributed by atoms with van der Waals surface area (Å²) in [5.74, 6) is -1.72. The van der Waals surface area contributed by atoms with Crippen molar-refractivity contribution in [2.75, 3.05) is 6.79 Å². The summed E-state index contributed by atoms with van der Waals surface area (Å²) in [6.45, 7) is 8.37. The predicted octanol–water partition coefficient (Wildman–Crippen LogP) is 2.96. The van der Waals surface area contributed by atoms with Crippen LogP contribution in [0.4, 0.5) is 0 Å². The van der Waals surface area contributed by atoms with Crippen LogP contribution in [0.2, 0.25) is 0 Å². The average molecular weight is 448 g/mol. The molecule has 168 valence electrons. The molecule has 0 radical (unpaired) electrons. The molecule has 0 aromatic heterocycles. The van der Waals surface area contributed by atoms with E-state index in [1.807, 2.05) is 44.2 Å². The second-order valence-corrected chi connectivity index (χ2v) is 11.3. The first-order valence-corrected chi connectivity index (χ1v) is 11.2. The van der Waals surface area contributed by atoms with E-state index in [1.165, 1.54) is 16.7 Å². The Morgan fingerprint density at radius 1 is 1.10 bits per heavy atom. The van der Waals surface area contributed by atoms with Crippen LogP contribution in [0.25, 0.3) is 0 Å². The van der Waals surface area contributed by atoms with Gasteiger partial charge in [-0.1, -0.05) is 30.3 Å². The van der Waals surface area contributed by atoms with Gasteiger partial charge in [-0.15, -0.1) is 11.8 Å². The lowest BCUT2D eigenvalue weighted by Gasteiger charge is -2.43. The first-order chi connectivity index (χ1) is 14.4. The van der Waals surface area contributed by atoms with Crippen molar-refractivity contribution in [2.45, 2.75) is 63.6 Å². The summed E-state index contributed by atoms with van der Waals surface area (Å²) in [6, 6.07) is 8.63. The van der Waals surface area contributed by atoms with Gasteiger partial charge in [0.15, 0.2) is 0 Å². The number of nitrogens with zero attached hydrogens (tertiary/aromatic N) is 1. The van der Waals surface area contributed by atoms with Gasteiger partial charge < -0.3 is 14.4 Å². The molecule has 7 nitrogen and oxygen atoms in total. The van der Waals surface area contributed by atoms with E-state index in [9.17, 15) is 19.2 Å². The Morgan fingerprint density at radius 3 is 2.35 bits per heavy atom. The van der Waals surface area contributed by atoms with E-state index in [2.05, 4.69) is 0 Å². The van der Waals surface area contributed by atoms with E-state index in [-0.39, 0.29) is 29.9 Å². The smallest absolute Gasteiger partial charge is 0.333 e. The van der Waals surface area contributed by atoms with Crippen LogP contribution in [-0.2, 0) is 35.1 Å². The summed E-state index contributed by atoms with van der Waals surface area (Å²) in [5, 5.41) is -0.239. The minimum atomic E-state index is -0.788. The highest BCUT2D eigenvalue weighted by Gasteiger charge is 2.64. The number of rotatable bonds is 7. The number of benzene rings is 1. The number of hydrogen-bond donors (Lipinski definition) is 0. The monoisotopic (exact) mass is 447 g/mol. The number of carbonyl (C=O) groups is 4. The van der Waals surface area contributed by atoms with Crippen LogP contribution in [0.1, 0.15) is 46.6 Å². The molecule has 1 aromatic carbocycles. The molecule has 3 rings (SSSR count). The molecular weight excluding hydrogens is 418 g/mol. The van der Waals surface area contributed by atoms with Crippen LogP contribution < -0.4 is 0 Å². The molecule has 1 amide bonds. The number of amides is 1. The summed E-state index contributed by atoms with van der Waals surface area (Å²) in [7, 11) is 0. The summed E-state index contributed by atoms with van der Waals surface area (Å²) in [6.07, 6.45) is 0.443. The molecule has 2 saturated heterocycles. The van der Waals surface area contributed by atoms with Crippen molar-refractivity contribution in [2.24, 2.45) is 11.3 Å². The van der Waals surface area contributed by atoms with Crippen molar-refractivity contribution in [3.63, 3.8) is 0 Å². The molecule has 0 bridgehead atoms. The highest BCUT2D eigenvalue weighted by Crippen LogP contribution is 2.54. The summed E-state index contributed by atoms with van der Waals surface area (Å²) in [4.78, 5) is 51.4. The Labute approximate surface area is 186 Å². The number of thioether (sulfide) groups is 1. The van der Waals surface area contributed by atoms with Gasteiger partial charge in [0.1, 0.15) is 11.8 Å². The zero-order valence-corrected chi connectivity index (χ0v) is 19.4. The van der Waals surface area contributed by atoms with Gasteiger partial charge in [-0.3, -0.25) is 14.4 Å². The largest absolute Gasteiger partial charge is 0.427 e. The molecule has 2 fully saturated rings. The van der Waals surface area contributed by atoms with Gasteiger partial charge in [0.25, 0.3) is 0 Å². The van der Waals surface area contributed by atoms with E-state index in [0.717, 1.165) is 5.56 Å². The van der Waals surface area contributed by atoms with Gasteiger partial charge in [0, 0.05) is 17.6 Å². The number of ether oxygens (including phenoxy) is 2. The zero-order chi connectivity index (χ0) is 23.0. The highest BCUT2D eigenvalue weighted by atomic mass is 32.2. The van der Waals surface area contributed by atoms with E-state index >= 15 is 0 Å². The minimum Gasteiger partial charge on any atom is -0.427 e. The summed E-state index contributed by atoms with van der Waals surface area (Å²) < 4.78 is 9.59. The van der Waals surface area contributed by atoms with E-state index in [1.54, 1.807) is 20.8 Å². The number of ketones is 1. The minimum absolute atomic E-state index is 0.00252. The maximum absolute atomic E-state index is 12.8. The fourth-order valence-corrected chi connectivity index (χ4v) is 5.51. The summed E-state index contributed by atoms with van der Waals surface area (Å²) >= 11 is 1.50. The van der Waals surface area contributed by atoms with Gasteiger partial charge in [0.2, 0.25) is 12.7 Å². The van der Waals surface area contributed by atoms with Crippen molar-refractivity contribution >= 4 is 35.4 Å². The van der Waals surface area contributed by atoms with Gasteiger partial charge >= 0.3 is 11.9 Å². The van der Waals surface area contributed by atoms with Crippen molar-refractivity contribution in [3.05, 3.63) is 35.9 Å². The van der Waals surface area contributed by atoms with Crippen LogP contribution in [0, 0.1) is 11.3 Å². The fourth-order valence-electron chi connectivity index (χ4n) is 3.84.